The monoisotopic (exact) mass is 203 g/mol. The van der Waals surface area contributed by atoms with Gasteiger partial charge in [-0.3, -0.25) is 4.90 Å². The van der Waals surface area contributed by atoms with E-state index in [0.29, 0.717) is 19.5 Å². The summed E-state index contributed by atoms with van der Waals surface area (Å²) in [6.07, 6.45) is 1.05. The van der Waals surface area contributed by atoms with Gasteiger partial charge in [-0.05, 0) is 19.3 Å². The number of rotatable bonds is 3. The van der Waals surface area contributed by atoms with Crippen molar-refractivity contribution in [2.75, 3.05) is 26.2 Å². The standard InChI is InChI=1S/C10H15F2NO/c11-9(12)8-1-4-13(5-8)6-10(7-14)2-3-10/h14H,1-7H2. The first-order valence-corrected chi connectivity index (χ1v) is 5.01. The maximum Gasteiger partial charge on any atom is 0.270 e. The Morgan fingerprint density at radius 3 is 2.57 bits per heavy atom. The van der Waals surface area contributed by atoms with E-state index in [2.05, 4.69) is 0 Å². The maximum atomic E-state index is 12.2. The molecule has 2 fully saturated rings. The molecule has 1 saturated heterocycles. The van der Waals surface area contributed by atoms with Crippen LogP contribution in [-0.2, 0) is 0 Å². The van der Waals surface area contributed by atoms with Crippen LogP contribution in [0.2, 0.25) is 0 Å². The minimum Gasteiger partial charge on any atom is -0.396 e. The average molecular weight is 203 g/mol. The number of aliphatic hydroxyl groups is 1. The summed E-state index contributed by atoms with van der Waals surface area (Å²) in [5.74, 6) is 0. The van der Waals surface area contributed by atoms with Crippen LogP contribution in [0.4, 0.5) is 8.78 Å². The van der Waals surface area contributed by atoms with Crippen molar-refractivity contribution in [3.63, 3.8) is 0 Å². The van der Waals surface area contributed by atoms with E-state index in [1.54, 1.807) is 0 Å². The molecular weight excluding hydrogens is 188 g/mol. The number of hydrogen-bond donors (Lipinski definition) is 1. The molecule has 0 aromatic carbocycles. The number of hydrogen-bond acceptors (Lipinski definition) is 2. The van der Waals surface area contributed by atoms with Gasteiger partial charge in [-0.1, -0.05) is 0 Å². The minimum absolute atomic E-state index is 0.0439. The highest BCUT2D eigenvalue weighted by molar-refractivity contribution is 5.11. The van der Waals surface area contributed by atoms with Crippen molar-refractivity contribution in [3.05, 3.63) is 11.7 Å². The maximum absolute atomic E-state index is 12.2. The molecule has 0 amide bonds. The van der Waals surface area contributed by atoms with Crippen molar-refractivity contribution in [1.82, 2.24) is 4.90 Å². The molecule has 0 aromatic heterocycles. The molecule has 14 heavy (non-hydrogen) atoms. The van der Waals surface area contributed by atoms with Crippen molar-refractivity contribution >= 4 is 0 Å². The Bertz CT molecular complexity index is 257. The summed E-state index contributed by atoms with van der Waals surface area (Å²) in [6.45, 7) is 2.08. The highest BCUT2D eigenvalue weighted by atomic mass is 19.3. The zero-order valence-electron chi connectivity index (χ0n) is 8.10. The quantitative estimate of drug-likeness (QED) is 0.753. The second-order valence-corrected chi connectivity index (χ2v) is 4.48. The molecule has 0 unspecified atom stereocenters. The molecule has 2 rings (SSSR count). The fraction of sp³-hybridized carbons (Fsp3) is 0.800. The van der Waals surface area contributed by atoms with Gasteiger partial charge in [0.15, 0.2) is 0 Å². The van der Waals surface area contributed by atoms with E-state index < -0.39 is 6.08 Å². The molecule has 2 nitrogen and oxygen atoms in total. The first-order valence-electron chi connectivity index (χ1n) is 5.01. The second-order valence-electron chi connectivity index (χ2n) is 4.48. The zero-order valence-corrected chi connectivity index (χ0v) is 8.10. The smallest absolute Gasteiger partial charge is 0.270 e. The van der Waals surface area contributed by atoms with Crippen LogP contribution in [0.3, 0.4) is 0 Å². The first-order chi connectivity index (χ1) is 6.65. The zero-order chi connectivity index (χ0) is 10.2. The molecule has 1 aliphatic carbocycles. The topological polar surface area (TPSA) is 23.5 Å². The highest BCUT2D eigenvalue weighted by Gasteiger charge is 2.43. The van der Waals surface area contributed by atoms with E-state index in [4.69, 9.17) is 5.11 Å². The van der Waals surface area contributed by atoms with E-state index >= 15 is 0 Å². The molecule has 0 spiro atoms. The molecular formula is C10H15F2NO. The van der Waals surface area contributed by atoms with Gasteiger partial charge in [-0.15, -0.1) is 0 Å². The molecule has 0 aromatic rings. The van der Waals surface area contributed by atoms with Crippen LogP contribution in [0.1, 0.15) is 19.3 Å². The van der Waals surface area contributed by atoms with E-state index in [9.17, 15) is 8.78 Å². The van der Waals surface area contributed by atoms with E-state index in [1.807, 2.05) is 4.90 Å². The number of likely N-dealkylation sites (tertiary alicyclic amines) is 1. The Hall–Kier alpha value is -0.480. The van der Waals surface area contributed by atoms with Gasteiger partial charge in [0.2, 0.25) is 0 Å². The van der Waals surface area contributed by atoms with Crippen LogP contribution in [0.25, 0.3) is 0 Å². The summed E-state index contributed by atoms with van der Waals surface area (Å²) in [6, 6.07) is 0. The van der Waals surface area contributed by atoms with Crippen LogP contribution < -0.4 is 0 Å². The highest BCUT2D eigenvalue weighted by Crippen LogP contribution is 2.46. The lowest BCUT2D eigenvalue weighted by Gasteiger charge is -2.20. The Morgan fingerprint density at radius 1 is 1.43 bits per heavy atom. The average Bonchev–Trinajstić information content (AvgIpc) is 2.75. The third-order valence-corrected chi connectivity index (χ3v) is 3.26. The Labute approximate surface area is 82.2 Å². The summed E-state index contributed by atoms with van der Waals surface area (Å²) in [7, 11) is 0. The van der Waals surface area contributed by atoms with Gasteiger partial charge >= 0.3 is 0 Å². The molecule has 80 valence electrons. The molecule has 2 aliphatic rings. The van der Waals surface area contributed by atoms with Crippen molar-refractivity contribution in [2.45, 2.75) is 19.3 Å². The number of aliphatic hydroxyl groups excluding tert-OH is 1. The predicted molar refractivity (Wildman–Crippen MR) is 49.1 cm³/mol. The fourth-order valence-corrected chi connectivity index (χ4v) is 2.03. The van der Waals surface area contributed by atoms with Crippen LogP contribution in [0.15, 0.2) is 11.7 Å². The summed E-state index contributed by atoms with van der Waals surface area (Å²) < 4.78 is 24.5. The summed E-state index contributed by atoms with van der Waals surface area (Å²) >= 11 is 0. The van der Waals surface area contributed by atoms with Crippen molar-refractivity contribution < 1.29 is 13.9 Å². The van der Waals surface area contributed by atoms with Gasteiger partial charge in [-0.25, -0.2) is 0 Å². The van der Waals surface area contributed by atoms with Crippen LogP contribution in [0.5, 0.6) is 0 Å². The van der Waals surface area contributed by atoms with Gasteiger partial charge in [-0.2, -0.15) is 8.78 Å². The van der Waals surface area contributed by atoms with Gasteiger partial charge < -0.3 is 5.11 Å². The van der Waals surface area contributed by atoms with Gasteiger partial charge in [0.1, 0.15) is 0 Å². The number of nitrogens with zero attached hydrogens (tertiary/aromatic N) is 1. The van der Waals surface area contributed by atoms with Crippen molar-refractivity contribution in [1.29, 1.82) is 0 Å². The molecule has 0 bridgehead atoms. The van der Waals surface area contributed by atoms with E-state index in [1.165, 1.54) is 0 Å². The largest absolute Gasteiger partial charge is 0.396 e. The lowest BCUT2D eigenvalue weighted by atomic mass is 10.1. The van der Waals surface area contributed by atoms with E-state index in [-0.39, 0.29) is 17.6 Å². The molecule has 4 heteroatoms. The lowest BCUT2D eigenvalue weighted by molar-refractivity contribution is 0.165. The van der Waals surface area contributed by atoms with Crippen LogP contribution in [-0.4, -0.2) is 36.2 Å². The second kappa shape index (κ2) is 3.59. The van der Waals surface area contributed by atoms with Gasteiger partial charge in [0.05, 0.1) is 0 Å². The molecule has 0 atom stereocenters. The van der Waals surface area contributed by atoms with Crippen LogP contribution >= 0.6 is 0 Å². The van der Waals surface area contributed by atoms with Gasteiger partial charge in [0, 0.05) is 37.2 Å². The SMILES string of the molecule is OCC1(CN2CCC(=C(F)F)C2)CC1. The Morgan fingerprint density at radius 2 is 2.14 bits per heavy atom. The minimum atomic E-state index is -1.51. The molecule has 0 radical (unpaired) electrons. The summed E-state index contributed by atoms with van der Waals surface area (Å²) in [5, 5.41) is 9.11. The number of halogens is 2. The Kier molecular flexibility index (Phi) is 2.58. The normalized spacial score (nSPS) is 25.5. The fourth-order valence-electron chi connectivity index (χ4n) is 2.03. The third kappa shape index (κ3) is 1.96. The molecule has 1 heterocycles. The predicted octanol–water partition coefficient (Wildman–Crippen LogP) is 1.62. The first kappa shape index (κ1) is 10.1. The van der Waals surface area contributed by atoms with Crippen molar-refractivity contribution in [2.24, 2.45) is 5.41 Å². The molecule has 1 saturated carbocycles. The van der Waals surface area contributed by atoms with Crippen molar-refractivity contribution in [3.8, 4) is 0 Å². The van der Waals surface area contributed by atoms with Gasteiger partial charge in [0.25, 0.3) is 6.08 Å². The summed E-state index contributed by atoms with van der Waals surface area (Å²) in [5.41, 5.74) is 0.320. The Balaban J connectivity index is 1.88. The summed E-state index contributed by atoms with van der Waals surface area (Å²) in [4.78, 5) is 2.03. The lowest BCUT2D eigenvalue weighted by Crippen LogP contribution is -2.29. The van der Waals surface area contributed by atoms with Crippen LogP contribution in [0, 0.1) is 5.41 Å². The third-order valence-electron chi connectivity index (χ3n) is 3.26. The van der Waals surface area contributed by atoms with E-state index in [0.717, 1.165) is 19.4 Å². The molecule has 1 N–H and O–H groups in total. The molecule has 1 aliphatic heterocycles.